The summed E-state index contributed by atoms with van der Waals surface area (Å²) in [4.78, 5) is 1.14. The molecule has 0 aliphatic heterocycles. The summed E-state index contributed by atoms with van der Waals surface area (Å²) < 4.78 is 0. The van der Waals surface area contributed by atoms with Gasteiger partial charge in [-0.3, -0.25) is 0 Å². The molecule has 74 valence electrons. The second kappa shape index (κ2) is 5.63. The van der Waals surface area contributed by atoms with Crippen molar-refractivity contribution in [3.05, 3.63) is 21.3 Å². The van der Waals surface area contributed by atoms with E-state index < -0.39 is 0 Å². The van der Waals surface area contributed by atoms with Crippen LogP contribution in [0.1, 0.15) is 43.5 Å². The predicted molar refractivity (Wildman–Crippen MR) is 60.4 cm³/mol. The number of hydrogen-bond acceptors (Lipinski definition) is 2. The predicted octanol–water partition coefficient (Wildman–Crippen LogP) is 3.98. The van der Waals surface area contributed by atoms with Crippen LogP contribution in [0, 0.1) is 0 Å². The summed E-state index contributed by atoms with van der Waals surface area (Å²) in [6, 6.07) is 2.06. The molecule has 0 aromatic carbocycles. The lowest BCUT2D eigenvalue weighted by Gasteiger charge is -2.09. The Kier molecular flexibility index (Phi) is 4.78. The van der Waals surface area contributed by atoms with E-state index in [1.807, 2.05) is 11.4 Å². The highest BCUT2D eigenvalue weighted by Gasteiger charge is 2.10. The molecule has 1 heterocycles. The van der Waals surface area contributed by atoms with E-state index in [1.54, 1.807) is 11.3 Å². The van der Waals surface area contributed by atoms with Crippen LogP contribution in [0.5, 0.6) is 0 Å². The fraction of sp³-hybridized carbons (Fsp3) is 0.600. The number of halogens is 1. The quantitative estimate of drug-likeness (QED) is 0.742. The zero-order chi connectivity index (χ0) is 9.68. The summed E-state index contributed by atoms with van der Waals surface area (Å²) in [5.41, 5.74) is 6.01. The highest BCUT2D eigenvalue weighted by molar-refractivity contribution is 7.10. The number of unbranched alkanes of at least 4 members (excludes halogenated alkanes) is 2. The average molecular weight is 218 g/mol. The van der Waals surface area contributed by atoms with Gasteiger partial charge in [0, 0.05) is 10.9 Å². The number of rotatable bonds is 5. The molecule has 0 aliphatic rings. The van der Waals surface area contributed by atoms with E-state index in [4.69, 9.17) is 17.3 Å². The fourth-order valence-corrected chi connectivity index (χ4v) is 2.55. The normalized spacial score (nSPS) is 13.2. The third-order valence-corrected chi connectivity index (χ3v) is 3.59. The first kappa shape index (κ1) is 11.0. The van der Waals surface area contributed by atoms with E-state index in [1.165, 1.54) is 19.3 Å². The van der Waals surface area contributed by atoms with E-state index in [0.717, 1.165) is 16.3 Å². The first-order valence-electron chi connectivity index (χ1n) is 4.74. The average Bonchev–Trinajstić information content (AvgIpc) is 2.52. The zero-order valence-corrected chi connectivity index (χ0v) is 9.50. The number of thiophene rings is 1. The fourth-order valence-electron chi connectivity index (χ4n) is 1.32. The Morgan fingerprint density at radius 2 is 2.31 bits per heavy atom. The van der Waals surface area contributed by atoms with Gasteiger partial charge in [-0.05, 0) is 17.9 Å². The van der Waals surface area contributed by atoms with Gasteiger partial charge in [0.25, 0.3) is 0 Å². The lowest BCUT2D eigenvalue weighted by Crippen LogP contribution is -2.08. The molecular weight excluding hydrogens is 202 g/mol. The van der Waals surface area contributed by atoms with E-state index in [0.29, 0.717) is 0 Å². The second-order valence-electron chi connectivity index (χ2n) is 3.24. The number of nitrogens with two attached hydrogens (primary N) is 1. The van der Waals surface area contributed by atoms with Crippen molar-refractivity contribution in [2.75, 3.05) is 0 Å². The Hall–Kier alpha value is -0.0500. The van der Waals surface area contributed by atoms with Crippen LogP contribution in [0.15, 0.2) is 11.4 Å². The van der Waals surface area contributed by atoms with Crippen molar-refractivity contribution in [3.63, 3.8) is 0 Å². The first-order chi connectivity index (χ1) is 6.25. The van der Waals surface area contributed by atoms with Crippen molar-refractivity contribution in [1.29, 1.82) is 0 Å². The summed E-state index contributed by atoms with van der Waals surface area (Å²) in [7, 11) is 0. The highest BCUT2D eigenvalue weighted by atomic mass is 35.5. The summed E-state index contributed by atoms with van der Waals surface area (Å²) in [5.74, 6) is 0. The maximum Gasteiger partial charge on any atom is 0.0561 e. The monoisotopic (exact) mass is 217 g/mol. The lowest BCUT2D eigenvalue weighted by atomic mass is 10.1. The smallest absolute Gasteiger partial charge is 0.0561 e. The molecule has 0 radical (unpaired) electrons. The van der Waals surface area contributed by atoms with Crippen molar-refractivity contribution < 1.29 is 0 Å². The molecule has 0 spiro atoms. The lowest BCUT2D eigenvalue weighted by molar-refractivity contribution is 0.587. The van der Waals surface area contributed by atoms with Crippen LogP contribution >= 0.6 is 22.9 Å². The molecule has 1 aromatic heterocycles. The third-order valence-electron chi connectivity index (χ3n) is 2.10. The minimum Gasteiger partial charge on any atom is -0.323 e. The van der Waals surface area contributed by atoms with Gasteiger partial charge in [0.05, 0.1) is 5.02 Å². The Balaban J connectivity index is 2.39. The molecule has 1 nitrogen and oxygen atoms in total. The van der Waals surface area contributed by atoms with Gasteiger partial charge in [0.15, 0.2) is 0 Å². The Morgan fingerprint density at radius 3 is 2.85 bits per heavy atom. The molecule has 1 unspecified atom stereocenters. The maximum atomic E-state index is 6.01. The van der Waals surface area contributed by atoms with Crippen LogP contribution in [0.25, 0.3) is 0 Å². The van der Waals surface area contributed by atoms with E-state index >= 15 is 0 Å². The van der Waals surface area contributed by atoms with Crippen LogP contribution < -0.4 is 5.73 Å². The minimum atomic E-state index is 0.138. The first-order valence-corrected chi connectivity index (χ1v) is 6.00. The van der Waals surface area contributed by atoms with Gasteiger partial charge in [-0.1, -0.05) is 37.8 Å². The molecule has 0 aliphatic carbocycles. The van der Waals surface area contributed by atoms with Gasteiger partial charge in [-0.15, -0.1) is 11.3 Å². The van der Waals surface area contributed by atoms with Gasteiger partial charge < -0.3 is 5.73 Å². The Labute approximate surface area is 88.9 Å². The molecular formula is C10H16ClNS. The molecule has 13 heavy (non-hydrogen) atoms. The van der Waals surface area contributed by atoms with E-state index in [-0.39, 0.29) is 6.04 Å². The van der Waals surface area contributed by atoms with E-state index in [2.05, 4.69) is 6.92 Å². The van der Waals surface area contributed by atoms with Crippen molar-refractivity contribution in [2.24, 2.45) is 5.73 Å². The summed E-state index contributed by atoms with van der Waals surface area (Å²) in [6.45, 7) is 2.20. The van der Waals surface area contributed by atoms with Gasteiger partial charge in [0.2, 0.25) is 0 Å². The largest absolute Gasteiger partial charge is 0.323 e. The molecule has 0 fully saturated rings. The third kappa shape index (κ3) is 3.29. The molecule has 2 N–H and O–H groups in total. The van der Waals surface area contributed by atoms with Crippen LogP contribution in [-0.2, 0) is 0 Å². The maximum absolute atomic E-state index is 6.01. The molecule has 1 atom stereocenters. The molecule has 1 rings (SSSR count). The Bertz CT molecular complexity index is 247. The molecule has 0 saturated carbocycles. The molecule has 0 saturated heterocycles. The van der Waals surface area contributed by atoms with Crippen molar-refractivity contribution in [1.82, 2.24) is 0 Å². The van der Waals surface area contributed by atoms with Crippen LogP contribution in [0.2, 0.25) is 5.02 Å². The standard InChI is InChI=1S/C10H16ClNS/c1-2-3-4-5-9(12)10-8(11)6-7-13-10/h6-7,9H,2-5,12H2,1H3. The van der Waals surface area contributed by atoms with Gasteiger partial charge in [-0.2, -0.15) is 0 Å². The summed E-state index contributed by atoms with van der Waals surface area (Å²) in [6.07, 6.45) is 4.75. The van der Waals surface area contributed by atoms with Gasteiger partial charge >= 0.3 is 0 Å². The van der Waals surface area contributed by atoms with E-state index in [9.17, 15) is 0 Å². The van der Waals surface area contributed by atoms with Crippen LogP contribution in [0.4, 0.5) is 0 Å². The van der Waals surface area contributed by atoms with Gasteiger partial charge in [-0.25, -0.2) is 0 Å². The van der Waals surface area contributed by atoms with Crippen molar-refractivity contribution in [3.8, 4) is 0 Å². The SMILES string of the molecule is CCCCCC(N)c1sccc1Cl. The molecule has 1 aromatic rings. The molecule has 0 bridgehead atoms. The summed E-state index contributed by atoms with van der Waals surface area (Å²) >= 11 is 7.64. The summed E-state index contributed by atoms with van der Waals surface area (Å²) in [5, 5.41) is 2.83. The minimum absolute atomic E-state index is 0.138. The van der Waals surface area contributed by atoms with Crippen molar-refractivity contribution in [2.45, 2.75) is 38.6 Å². The zero-order valence-electron chi connectivity index (χ0n) is 7.92. The second-order valence-corrected chi connectivity index (χ2v) is 4.59. The highest BCUT2D eigenvalue weighted by Crippen LogP contribution is 2.29. The van der Waals surface area contributed by atoms with Crippen molar-refractivity contribution >= 4 is 22.9 Å². The topological polar surface area (TPSA) is 26.0 Å². The van der Waals surface area contributed by atoms with Crippen LogP contribution in [-0.4, -0.2) is 0 Å². The van der Waals surface area contributed by atoms with Gasteiger partial charge in [0.1, 0.15) is 0 Å². The number of hydrogen-bond donors (Lipinski definition) is 1. The van der Waals surface area contributed by atoms with Crippen LogP contribution in [0.3, 0.4) is 0 Å². The molecule has 3 heteroatoms. The molecule has 0 amide bonds. The Morgan fingerprint density at radius 1 is 1.54 bits per heavy atom.